The van der Waals surface area contributed by atoms with Gasteiger partial charge in [-0.1, -0.05) is 58.4 Å². The Kier molecular flexibility index (Phi) is 7.58. The van der Waals surface area contributed by atoms with Crippen molar-refractivity contribution < 1.29 is 4.79 Å². The summed E-state index contributed by atoms with van der Waals surface area (Å²) in [7, 11) is 0. The molecule has 3 aromatic carbocycles. The average Bonchev–Trinajstić information content (AvgIpc) is 3.32. The van der Waals surface area contributed by atoms with Crippen molar-refractivity contribution in [2.75, 3.05) is 39.3 Å². The van der Waals surface area contributed by atoms with Gasteiger partial charge in [0.15, 0.2) is 0 Å². The fourth-order valence-electron chi connectivity index (χ4n) is 5.82. The maximum Gasteiger partial charge on any atom is 0.225 e. The highest BCUT2D eigenvalue weighted by atomic mass is 79.9. The van der Waals surface area contributed by atoms with E-state index in [2.05, 4.69) is 108 Å². The molecule has 0 aliphatic carbocycles. The highest BCUT2D eigenvalue weighted by Gasteiger charge is 2.31. The molecule has 2 saturated heterocycles. The molecular formula is C31H34BrN5O. The molecule has 0 atom stereocenters. The molecule has 1 amide bonds. The summed E-state index contributed by atoms with van der Waals surface area (Å²) >= 11 is 3.55. The van der Waals surface area contributed by atoms with Crippen molar-refractivity contribution in [1.29, 1.82) is 0 Å². The molecule has 2 fully saturated rings. The van der Waals surface area contributed by atoms with Gasteiger partial charge in [0.05, 0.1) is 17.6 Å². The number of rotatable bonds is 6. The fourth-order valence-corrected chi connectivity index (χ4v) is 6.09. The van der Waals surface area contributed by atoms with Gasteiger partial charge in [-0.3, -0.25) is 19.2 Å². The first-order valence-corrected chi connectivity index (χ1v) is 14.4. The van der Waals surface area contributed by atoms with Gasteiger partial charge in [0, 0.05) is 48.8 Å². The van der Waals surface area contributed by atoms with Gasteiger partial charge in [0.25, 0.3) is 0 Å². The molecule has 2 aliphatic heterocycles. The Morgan fingerprint density at radius 2 is 1.42 bits per heavy atom. The number of piperazine rings is 1. The first-order valence-electron chi connectivity index (χ1n) is 13.6. The van der Waals surface area contributed by atoms with Gasteiger partial charge in [-0.25, -0.2) is 4.98 Å². The van der Waals surface area contributed by atoms with Crippen LogP contribution in [0.5, 0.6) is 0 Å². The molecule has 3 heterocycles. The second kappa shape index (κ2) is 11.4. The Morgan fingerprint density at radius 3 is 2.16 bits per heavy atom. The highest BCUT2D eigenvalue weighted by Crippen LogP contribution is 2.26. The van der Waals surface area contributed by atoms with Crippen molar-refractivity contribution >= 4 is 32.9 Å². The molecule has 2 aliphatic rings. The van der Waals surface area contributed by atoms with Gasteiger partial charge in [0.2, 0.25) is 5.91 Å². The minimum absolute atomic E-state index is 0.136. The van der Waals surface area contributed by atoms with Crippen molar-refractivity contribution in [3.05, 3.63) is 94.7 Å². The first kappa shape index (κ1) is 25.3. The fraction of sp³-hybridized carbons (Fsp3) is 0.355. The van der Waals surface area contributed by atoms with Gasteiger partial charge < -0.3 is 4.90 Å². The predicted molar refractivity (Wildman–Crippen MR) is 155 cm³/mol. The number of imidazole rings is 1. The Labute approximate surface area is 233 Å². The normalized spacial score (nSPS) is 17.8. The Hall–Kier alpha value is -3.00. The molecule has 0 spiro atoms. The summed E-state index contributed by atoms with van der Waals surface area (Å²) in [6.45, 7) is 7.17. The van der Waals surface area contributed by atoms with Crippen molar-refractivity contribution in [2.45, 2.75) is 25.9 Å². The summed E-state index contributed by atoms with van der Waals surface area (Å²) in [6.07, 6.45) is 1.84. The highest BCUT2D eigenvalue weighted by molar-refractivity contribution is 9.10. The lowest BCUT2D eigenvalue weighted by Crippen LogP contribution is -2.51. The van der Waals surface area contributed by atoms with E-state index in [1.54, 1.807) is 0 Å². The molecule has 0 saturated carbocycles. The average molecular weight is 573 g/mol. The van der Waals surface area contributed by atoms with Crippen molar-refractivity contribution in [3.63, 3.8) is 0 Å². The minimum atomic E-state index is 0.136. The largest absolute Gasteiger partial charge is 0.340 e. The van der Waals surface area contributed by atoms with E-state index in [-0.39, 0.29) is 5.92 Å². The number of piperidine rings is 1. The van der Waals surface area contributed by atoms with Crippen LogP contribution in [0.15, 0.2) is 83.3 Å². The minimum Gasteiger partial charge on any atom is -0.340 e. The lowest BCUT2D eigenvalue weighted by Gasteiger charge is -2.38. The molecule has 1 aromatic heterocycles. The molecule has 38 heavy (non-hydrogen) atoms. The van der Waals surface area contributed by atoms with E-state index in [9.17, 15) is 4.79 Å². The molecule has 196 valence electrons. The Morgan fingerprint density at radius 1 is 0.763 bits per heavy atom. The van der Waals surface area contributed by atoms with Gasteiger partial charge in [-0.2, -0.15) is 0 Å². The van der Waals surface area contributed by atoms with Crippen LogP contribution in [0.1, 0.15) is 24.2 Å². The van der Waals surface area contributed by atoms with Crippen molar-refractivity contribution in [2.24, 2.45) is 5.92 Å². The number of fused-ring (bicyclic) bond motifs is 1. The molecule has 6 rings (SSSR count). The number of amides is 1. The number of nitrogens with zero attached hydrogens (tertiary/aromatic N) is 5. The molecular weight excluding hydrogens is 538 g/mol. The molecule has 6 nitrogen and oxygen atoms in total. The van der Waals surface area contributed by atoms with Crippen molar-refractivity contribution in [3.8, 4) is 5.69 Å². The van der Waals surface area contributed by atoms with E-state index in [4.69, 9.17) is 4.98 Å². The van der Waals surface area contributed by atoms with E-state index in [0.29, 0.717) is 5.91 Å². The molecule has 7 heteroatoms. The van der Waals surface area contributed by atoms with E-state index in [0.717, 1.165) is 92.2 Å². The van der Waals surface area contributed by atoms with Crippen LogP contribution in [0.2, 0.25) is 0 Å². The van der Waals surface area contributed by atoms with Crippen molar-refractivity contribution in [1.82, 2.24) is 24.3 Å². The predicted octanol–water partition coefficient (Wildman–Crippen LogP) is 5.34. The van der Waals surface area contributed by atoms with E-state index in [1.807, 2.05) is 6.07 Å². The summed E-state index contributed by atoms with van der Waals surface area (Å²) < 4.78 is 3.34. The number of carbonyl (C=O) groups is 1. The summed E-state index contributed by atoms with van der Waals surface area (Å²) in [5.41, 5.74) is 4.60. The van der Waals surface area contributed by atoms with Crippen LogP contribution in [0.25, 0.3) is 16.7 Å². The van der Waals surface area contributed by atoms with Crippen LogP contribution in [0, 0.1) is 5.92 Å². The Balaban J connectivity index is 1.06. The Bertz CT molecular complexity index is 1370. The zero-order valence-electron chi connectivity index (χ0n) is 21.7. The zero-order valence-corrected chi connectivity index (χ0v) is 23.3. The number of para-hydroxylation sites is 2. The number of benzene rings is 3. The topological polar surface area (TPSA) is 44.6 Å². The first-order chi connectivity index (χ1) is 18.6. The number of likely N-dealkylation sites (tertiary alicyclic amines) is 1. The lowest BCUT2D eigenvalue weighted by molar-refractivity contribution is -0.139. The maximum absolute atomic E-state index is 13.3. The number of carbonyl (C=O) groups excluding carboxylic acids is 1. The van der Waals surface area contributed by atoms with Gasteiger partial charge in [-0.15, -0.1) is 0 Å². The van der Waals surface area contributed by atoms with Crippen LogP contribution in [-0.4, -0.2) is 69.4 Å². The lowest BCUT2D eigenvalue weighted by atomic mass is 9.95. The second-order valence-electron chi connectivity index (χ2n) is 10.5. The van der Waals surface area contributed by atoms with Crippen LogP contribution < -0.4 is 0 Å². The maximum atomic E-state index is 13.3. The van der Waals surface area contributed by atoms with Crippen LogP contribution in [0.3, 0.4) is 0 Å². The van der Waals surface area contributed by atoms with Crippen LogP contribution >= 0.6 is 15.9 Å². The third kappa shape index (κ3) is 5.55. The SMILES string of the molecule is O=C(C1CCN(Cc2nc3ccccc3n2-c2ccc(Br)cc2)CC1)N1CCN(Cc2ccccc2)CC1. The van der Waals surface area contributed by atoms with E-state index in [1.165, 1.54) is 5.56 Å². The quantitative estimate of drug-likeness (QED) is 0.313. The van der Waals surface area contributed by atoms with Gasteiger partial charge >= 0.3 is 0 Å². The van der Waals surface area contributed by atoms with Crippen LogP contribution in [-0.2, 0) is 17.9 Å². The molecule has 0 radical (unpaired) electrons. The van der Waals surface area contributed by atoms with E-state index < -0.39 is 0 Å². The molecule has 4 aromatic rings. The number of hydrogen-bond acceptors (Lipinski definition) is 4. The summed E-state index contributed by atoms with van der Waals surface area (Å²) in [6, 6.07) is 27.4. The third-order valence-electron chi connectivity index (χ3n) is 7.95. The third-order valence-corrected chi connectivity index (χ3v) is 8.48. The summed E-state index contributed by atoms with van der Waals surface area (Å²) in [4.78, 5) is 25.4. The second-order valence-corrected chi connectivity index (χ2v) is 11.4. The number of hydrogen-bond donors (Lipinski definition) is 0. The molecule has 0 bridgehead atoms. The number of aromatic nitrogens is 2. The van der Waals surface area contributed by atoms with E-state index >= 15 is 0 Å². The molecule has 0 N–H and O–H groups in total. The van der Waals surface area contributed by atoms with Gasteiger partial charge in [0.1, 0.15) is 5.82 Å². The van der Waals surface area contributed by atoms with Gasteiger partial charge in [-0.05, 0) is 67.9 Å². The zero-order chi connectivity index (χ0) is 25.9. The smallest absolute Gasteiger partial charge is 0.225 e. The number of halogens is 1. The molecule has 0 unspecified atom stereocenters. The summed E-state index contributed by atoms with van der Waals surface area (Å²) in [5.74, 6) is 1.54. The monoisotopic (exact) mass is 571 g/mol. The summed E-state index contributed by atoms with van der Waals surface area (Å²) in [5, 5.41) is 0. The standard InChI is InChI=1S/C31H34BrN5O/c32-26-10-12-27(13-11-26)37-29-9-5-4-8-28(29)33-30(37)23-34-16-14-25(15-17-34)31(38)36-20-18-35(19-21-36)22-24-6-2-1-3-7-24/h1-13,25H,14-23H2. The van der Waals surface area contributed by atoms with Crippen LogP contribution in [0.4, 0.5) is 0 Å².